The summed E-state index contributed by atoms with van der Waals surface area (Å²) in [5, 5.41) is 34.4. The zero-order chi connectivity index (χ0) is 42.5. The summed E-state index contributed by atoms with van der Waals surface area (Å²) in [5.41, 5.74) is 8.98. The number of phenolic OH excluding ortho intramolecular Hbond substituents is 1. The maximum atomic E-state index is 13.8. The van der Waals surface area contributed by atoms with Crippen LogP contribution in [0.4, 0.5) is 0 Å². The number of hydrogen-bond donors (Lipinski definition) is 9. The summed E-state index contributed by atoms with van der Waals surface area (Å²) < 4.78 is 0. The fourth-order valence-corrected chi connectivity index (χ4v) is 6.36. The first-order chi connectivity index (χ1) is 27.6. The highest BCUT2D eigenvalue weighted by Gasteiger charge is 2.36. The molecule has 2 aromatic carbocycles. The third kappa shape index (κ3) is 11.8. The molecule has 0 aliphatic carbocycles. The van der Waals surface area contributed by atoms with Crippen LogP contribution in [0.15, 0.2) is 72.6 Å². The number of phenols is 1. The van der Waals surface area contributed by atoms with Gasteiger partial charge in [0.15, 0.2) is 0 Å². The second-order valence-electron chi connectivity index (χ2n) is 14.5. The number of aliphatic hydroxyl groups is 1. The van der Waals surface area contributed by atoms with E-state index in [1.165, 1.54) is 29.3 Å². The predicted octanol–water partition coefficient (Wildman–Crippen LogP) is 0.273. The van der Waals surface area contributed by atoms with Gasteiger partial charge in [-0.3, -0.25) is 28.8 Å². The van der Waals surface area contributed by atoms with Crippen molar-refractivity contribution in [1.29, 1.82) is 0 Å². The molecule has 17 nitrogen and oxygen atoms in total. The van der Waals surface area contributed by atoms with E-state index in [0.717, 1.165) is 22.0 Å². The lowest BCUT2D eigenvalue weighted by Crippen LogP contribution is -2.56. The lowest BCUT2D eigenvalue weighted by molar-refractivity contribution is -0.140. The van der Waals surface area contributed by atoms with Crippen molar-refractivity contribution in [3.05, 3.63) is 89.3 Å². The third-order valence-corrected chi connectivity index (χ3v) is 9.54. The number of aromatic hydroxyl groups is 1. The Hall–Kier alpha value is -6.33. The van der Waals surface area contributed by atoms with Gasteiger partial charge in [-0.2, -0.15) is 0 Å². The molecule has 310 valence electrons. The van der Waals surface area contributed by atoms with Gasteiger partial charge in [-0.05, 0) is 67.5 Å². The molecular weight excluding hydrogens is 748 g/mol. The zero-order valence-electron chi connectivity index (χ0n) is 32.9. The Morgan fingerprint density at radius 3 is 2.34 bits per heavy atom. The van der Waals surface area contributed by atoms with Gasteiger partial charge < -0.3 is 57.2 Å². The molecule has 1 aromatic heterocycles. The molecule has 1 aliphatic rings. The van der Waals surface area contributed by atoms with Crippen molar-refractivity contribution in [3.8, 4) is 5.75 Å². The molecule has 10 N–H and O–H groups in total. The molecule has 0 saturated heterocycles. The first kappa shape index (κ1) is 44.4. The van der Waals surface area contributed by atoms with Gasteiger partial charge in [0, 0.05) is 29.7 Å². The number of aliphatic hydroxyl groups excluding tert-OH is 1. The molecule has 1 aliphatic heterocycles. The maximum absolute atomic E-state index is 13.8. The molecule has 0 spiro atoms. The number of benzene rings is 2. The largest absolute Gasteiger partial charge is 0.508 e. The van der Waals surface area contributed by atoms with Crippen LogP contribution in [0.2, 0.25) is 0 Å². The molecule has 2 heterocycles. The Kier molecular flexibility index (Phi) is 15.9. The van der Waals surface area contributed by atoms with E-state index in [1.807, 2.05) is 44.2 Å². The summed E-state index contributed by atoms with van der Waals surface area (Å²) >= 11 is 0. The molecule has 6 amide bonds. The van der Waals surface area contributed by atoms with Crippen molar-refractivity contribution in [2.75, 3.05) is 19.6 Å². The SMILES string of the molecule is CC(C)=CCc1cc([C@@H](O)[C@@H](C=O)NC(=O)CNC(=O)[C@@H](NC(=O)CNC(=O)[C@@H]2CC=CN2C(=O)[C@H](Cc2c[nH]c3ccccc23)NC(=O)CN)C(C)C)ccc1O. The number of carbonyl (C=O) groups is 7. The number of hydrogen-bond acceptors (Lipinski definition) is 10. The molecule has 0 unspecified atom stereocenters. The van der Waals surface area contributed by atoms with Crippen molar-refractivity contribution in [1.82, 2.24) is 36.5 Å². The first-order valence-corrected chi connectivity index (χ1v) is 18.9. The lowest BCUT2D eigenvalue weighted by atomic mass is 9.98. The van der Waals surface area contributed by atoms with Gasteiger partial charge in [0.05, 0.1) is 19.6 Å². The number of nitrogens with zero attached hydrogens (tertiary/aromatic N) is 1. The molecule has 3 aromatic rings. The minimum atomic E-state index is -1.45. The normalized spacial score (nSPS) is 15.5. The smallest absolute Gasteiger partial charge is 0.250 e. The van der Waals surface area contributed by atoms with E-state index in [0.29, 0.717) is 18.3 Å². The number of fused-ring (bicyclic) bond motifs is 1. The van der Waals surface area contributed by atoms with Gasteiger partial charge >= 0.3 is 0 Å². The summed E-state index contributed by atoms with van der Waals surface area (Å²) in [6.45, 7) is 5.65. The molecule has 0 saturated carbocycles. The van der Waals surface area contributed by atoms with E-state index in [2.05, 4.69) is 31.6 Å². The van der Waals surface area contributed by atoms with Crippen LogP contribution in [0, 0.1) is 5.92 Å². The molecule has 0 bridgehead atoms. The Morgan fingerprint density at radius 2 is 1.66 bits per heavy atom. The number of para-hydroxylation sites is 1. The monoisotopic (exact) mass is 800 g/mol. The summed E-state index contributed by atoms with van der Waals surface area (Å²) in [6.07, 6.45) is 6.28. The highest BCUT2D eigenvalue weighted by molar-refractivity contribution is 5.96. The van der Waals surface area contributed by atoms with E-state index in [1.54, 1.807) is 26.1 Å². The van der Waals surface area contributed by atoms with E-state index in [4.69, 9.17) is 5.73 Å². The summed E-state index contributed by atoms with van der Waals surface area (Å²) in [4.78, 5) is 94.4. The second-order valence-corrected chi connectivity index (χ2v) is 14.5. The fraction of sp³-hybridized carbons (Fsp3) is 0.390. The zero-order valence-corrected chi connectivity index (χ0v) is 32.9. The maximum Gasteiger partial charge on any atom is 0.250 e. The minimum absolute atomic E-state index is 0.0139. The van der Waals surface area contributed by atoms with Crippen molar-refractivity contribution in [3.63, 3.8) is 0 Å². The number of allylic oxidation sites excluding steroid dienone is 2. The highest BCUT2D eigenvalue weighted by Crippen LogP contribution is 2.25. The molecular formula is C41H52N8O9. The number of nitrogens with one attached hydrogen (secondary N) is 6. The molecule has 17 heteroatoms. The van der Waals surface area contributed by atoms with E-state index >= 15 is 0 Å². The fourth-order valence-electron chi connectivity index (χ4n) is 6.36. The topological polar surface area (TPSA) is 265 Å². The molecule has 58 heavy (non-hydrogen) atoms. The Balaban J connectivity index is 1.30. The summed E-state index contributed by atoms with van der Waals surface area (Å²) in [5.74, 6) is -4.41. The van der Waals surface area contributed by atoms with Crippen LogP contribution >= 0.6 is 0 Å². The molecule has 0 fully saturated rings. The molecule has 4 rings (SSSR count). The van der Waals surface area contributed by atoms with Gasteiger partial charge in [-0.25, -0.2) is 0 Å². The Bertz CT molecular complexity index is 2050. The van der Waals surface area contributed by atoms with Crippen molar-refractivity contribution >= 4 is 52.6 Å². The number of amides is 6. The van der Waals surface area contributed by atoms with Crippen LogP contribution in [0.3, 0.4) is 0 Å². The number of aromatic nitrogens is 1. The van der Waals surface area contributed by atoms with Crippen LogP contribution in [0.1, 0.15) is 56.9 Å². The predicted molar refractivity (Wildman–Crippen MR) is 214 cm³/mol. The summed E-state index contributed by atoms with van der Waals surface area (Å²) in [7, 11) is 0. The van der Waals surface area contributed by atoms with Crippen molar-refractivity contribution in [2.24, 2.45) is 11.7 Å². The van der Waals surface area contributed by atoms with Gasteiger partial charge in [0.2, 0.25) is 35.4 Å². The number of rotatable bonds is 19. The molecule has 0 radical (unpaired) electrons. The standard InChI is InChI=1S/C41H52N8O9/c1-23(2)11-12-25-16-26(13-14-33(25)51)38(55)31(22-50)47-35(53)20-45-40(57)37(24(3)4)48-36(54)21-44-39(56)32-10-7-15-49(32)41(58)30(46-34(52)18-42)17-27-19-43-29-9-6-5-8-28(27)29/h5-9,11,13-16,19,22,24,30-32,37-38,43,51,55H,10,12,17-18,20-21,42H2,1-4H3,(H,44,56)(H,45,57)(H,46,52)(H,47,53)(H,48,54)/t30-,31+,32-,37-,38+/m0/s1. The van der Waals surface area contributed by atoms with Gasteiger partial charge in [-0.1, -0.05) is 55.8 Å². The molecule has 5 atom stereocenters. The van der Waals surface area contributed by atoms with E-state index in [-0.39, 0.29) is 30.7 Å². The van der Waals surface area contributed by atoms with Crippen LogP contribution in [0.5, 0.6) is 5.75 Å². The average molecular weight is 801 g/mol. The lowest BCUT2D eigenvalue weighted by Gasteiger charge is -2.28. The van der Waals surface area contributed by atoms with Gasteiger partial charge in [-0.15, -0.1) is 0 Å². The Labute approximate surface area is 335 Å². The average Bonchev–Trinajstić information content (AvgIpc) is 3.86. The van der Waals surface area contributed by atoms with Crippen LogP contribution in [0.25, 0.3) is 10.9 Å². The van der Waals surface area contributed by atoms with E-state index < -0.39 is 84.7 Å². The van der Waals surface area contributed by atoms with Crippen LogP contribution < -0.4 is 32.3 Å². The number of H-pyrrole nitrogens is 1. The number of aldehydes is 1. The Morgan fingerprint density at radius 1 is 0.948 bits per heavy atom. The number of aromatic amines is 1. The summed E-state index contributed by atoms with van der Waals surface area (Å²) in [6, 6.07) is 7.28. The minimum Gasteiger partial charge on any atom is -0.508 e. The third-order valence-electron chi connectivity index (χ3n) is 9.54. The first-order valence-electron chi connectivity index (χ1n) is 18.9. The second kappa shape index (κ2) is 20.7. The van der Waals surface area contributed by atoms with E-state index in [9.17, 15) is 43.8 Å². The van der Waals surface area contributed by atoms with Crippen molar-refractivity contribution < 1.29 is 43.8 Å². The number of nitrogens with two attached hydrogens (primary N) is 1. The van der Waals surface area contributed by atoms with Crippen molar-refractivity contribution in [2.45, 2.75) is 77.2 Å². The van der Waals surface area contributed by atoms with Crippen LogP contribution in [-0.2, 0) is 46.4 Å². The quantitative estimate of drug-likeness (QED) is 0.0591. The number of carbonyl (C=O) groups excluding carboxylic acids is 7. The van der Waals surface area contributed by atoms with Gasteiger partial charge in [0.25, 0.3) is 0 Å². The highest BCUT2D eigenvalue weighted by atomic mass is 16.3. The van der Waals surface area contributed by atoms with Crippen LogP contribution in [-0.4, -0.2) is 106 Å². The van der Waals surface area contributed by atoms with Gasteiger partial charge in [0.1, 0.15) is 42.3 Å².